The number of carbonyl (C=O) groups is 2. The molecule has 1 N–H and O–H groups in total. The van der Waals surface area contributed by atoms with Crippen molar-refractivity contribution < 1.29 is 19.1 Å². The van der Waals surface area contributed by atoms with Crippen molar-refractivity contribution in [3.63, 3.8) is 0 Å². The van der Waals surface area contributed by atoms with Crippen molar-refractivity contribution in [1.82, 2.24) is 5.32 Å². The molecule has 0 aromatic carbocycles. The number of hydrogen-bond acceptors (Lipinski definition) is 5. The Morgan fingerprint density at radius 3 is 0.829 bits per heavy atom. The Balaban J connectivity index is 3.26. The van der Waals surface area contributed by atoms with Crippen LogP contribution in [0.3, 0.4) is 0 Å². The van der Waals surface area contributed by atoms with E-state index in [4.69, 9.17) is 9.47 Å². The summed E-state index contributed by atoms with van der Waals surface area (Å²) in [5, 5.41) is 2.84. The summed E-state index contributed by atoms with van der Waals surface area (Å²) in [6.45, 7) is 5.62. The number of carbonyl (C=O) groups excluding carboxylic acids is 2. The molecule has 0 spiro atoms. The van der Waals surface area contributed by atoms with E-state index in [-0.39, 0.29) is 25.0 Å². The Bertz CT molecular complexity index is 494. The Morgan fingerprint density at radius 2 is 0.585 bits per heavy atom. The van der Waals surface area contributed by atoms with E-state index in [1.54, 1.807) is 0 Å². The van der Waals surface area contributed by atoms with E-state index in [0.29, 0.717) is 13.2 Å². The monoisotopic (exact) mass is 582 g/mol. The molecule has 0 aliphatic rings. The number of esters is 2. The molecule has 0 rings (SSSR count). The number of unbranched alkanes of at least 4 members (excludes halogenated alkanes) is 26. The molecule has 41 heavy (non-hydrogen) atoms. The van der Waals surface area contributed by atoms with Gasteiger partial charge in [-0.05, 0) is 12.8 Å². The van der Waals surface area contributed by atoms with Crippen molar-refractivity contribution in [3.8, 4) is 0 Å². The SMILES string of the molecule is CCCCCCCCCCCCCCCCOC(=O)CNCC(=O)OCCCCCCCCCCCCCCCC. The second kappa shape index (κ2) is 35.1. The molecule has 0 saturated carbocycles. The van der Waals surface area contributed by atoms with Gasteiger partial charge in [-0.1, -0.05) is 181 Å². The molecule has 244 valence electrons. The highest BCUT2D eigenvalue weighted by atomic mass is 16.5. The molecular formula is C36H71NO4. The third kappa shape index (κ3) is 35.0. The molecule has 0 fully saturated rings. The summed E-state index contributed by atoms with van der Waals surface area (Å²) >= 11 is 0. The molecule has 0 unspecified atom stereocenters. The van der Waals surface area contributed by atoms with Gasteiger partial charge in [-0.25, -0.2) is 0 Å². The van der Waals surface area contributed by atoms with Crippen LogP contribution in [-0.2, 0) is 19.1 Å². The zero-order chi connectivity index (χ0) is 29.9. The maximum absolute atomic E-state index is 11.8. The Kier molecular flexibility index (Phi) is 34.2. The summed E-state index contributed by atoms with van der Waals surface area (Å²) in [5.74, 6) is -0.584. The fourth-order valence-corrected chi connectivity index (χ4v) is 5.33. The van der Waals surface area contributed by atoms with Crippen LogP contribution in [0.5, 0.6) is 0 Å². The van der Waals surface area contributed by atoms with Crippen molar-refractivity contribution in [1.29, 1.82) is 0 Å². The third-order valence-corrected chi connectivity index (χ3v) is 8.06. The topological polar surface area (TPSA) is 64.6 Å². The van der Waals surface area contributed by atoms with Gasteiger partial charge in [-0.2, -0.15) is 0 Å². The lowest BCUT2D eigenvalue weighted by Crippen LogP contribution is -2.31. The van der Waals surface area contributed by atoms with Gasteiger partial charge in [0.2, 0.25) is 0 Å². The van der Waals surface area contributed by atoms with Gasteiger partial charge in [0.25, 0.3) is 0 Å². The standard InChI is InChI=1S/C36H71NO4/c1-3-5-7-9-11-13-15-17-19-21-23-25-27-29-31-40-35(38)33-37-34-36(39)41-32-30-28-26-24-22-20-18-16-14-12-10-8-6-4-2/h37H,3-34H2,1-2H3. The number of hydrogen-bond donors (Lipinski definition) is 1. The molecule has 0 heterocycles. The molecule has 5 heteroatoms. The molecule has 0 atom stereocenters. The first-order chi connectivity index (χ1) is 20.2. The van der Waals surface area contributed by atoms with Crippen molar-refractivity contribution >= 4 is 11.9 Å². The normalized spacial score (nSPS) is 11.2. The van der Waals surface area contributed by atoms with Crippen molar-refractivity contribution in [2.24, 2.45) is 0 Å². The average molecular weight is 582 g/mol. The zero-order valence-corrected chi connectivity index (χ0v) is 27.8. The molecular weight excluding hydrogens is 510 g/mol. The molecule has 0 saturated heterocycles. The van der Waals surface area contributed by atoms with Gasteiger partial charge in [0, 0.05) is 0 Å². The maximum Gasteiger partial charge on any atom is 0.319 e. The van der Waals surface area contributed by atoms with Crippen LogP contribution in [0, 0.1) is 0 Å². The smallest absolute Gasteiger partial charge is 0.319 e. The second-order valence-electron chi connectivity index (χ2n) is 12.2. The van der Waals surface area contributed by atoms with Crippen LogP contribution in [0.2, 0.25) is 0 Å². The van der Waals surface area contributed by atoms with Crippen molar-refractivity contribution in [3.05, 3.63) is 0 Å². The van der Waals surface area contributed by atoms with E-state index in [9.17, 15) is 9.59 Å². The van der Waals surface area contributed by atoms with Crippen LogP contribution in [0.25, 0.3) is 0 Å². The number of nitrogens with one attached hydrogen (secondary N) is 1. The summed E-state index contributed by atoms with van der Waals surface area (Å²) in [6, 6.07) is 0. The van der Waals surface area contributed by atoms with Gasteiger partial charge in [0.15, 0.2) is 0 Å². The zero-order valence-electron chi connectivity index (χ0n) is 27.8. The average Bonchev–Trinajstić information content (AvgIpc) is 2.97. The summed E-state index contributed by atoms with van der Waals surface area (Å²) in [6.07, 6.45) is 36.8. The van der Waals surface area contributed by atoms with Crippen LogP contribution < -0.4 is 5.32 Å². The first kappa shape index (κ1) is 39.9. The number of rotatable bonds is 34. The predicted octanol–water partition coefficient (Wildman–Crippen LogP) is 10.6. The first-order valence-corrected chi connectivity index (χ1v) is 18.2. The second-order valence-corrected chi connectivity index (χ2v) is 12.2. The van der Waals surface area contributed by atoms with Crippen molar-refractivity contribution in [2.75, 3.05) is 26.3 Å². The molecule has 0 aromatic heterocycles. The minimum absolute atomic E-state index is 0.0621. The van der Waals surface area contributed by atoms with Gasteiger partial charge in [-0.3, -0.25) is 14.9 Å². The minimum atomic E-state index is -0.292. The summed E-state index contributed by atoms with van der Waals surface area (Å²) in [7, 11) is 0. The van der Waals surface area contributed by atoms with E-state index in [2.05, 4.69) is 19.2 Å². The van der Waals surface area contributed by atoms with Crippen LogP contribution in [0.4, 0.5) is 0 Å². The van der Waals surface area contributed by atoms with E-state index >= 15 is 0 Å². The largest absolute Gasteiger partial charge is 0.465 e. The van der Waals surface area contributed by atoms with Gasteiger partial charge in [0.1, 0.15) is 0 Å². The molecule has 0 aliphatic heterocycles. The molecule has 5 nitrogen and oxygen atoms in total. The Hall–Kier alpha value is -1.10. The fraction of sp³-hybridized carbons (Fsp3) is 0.944. The molecule has 0 aromatic rings. The third-order valence-electron chi connectivity index (χ3n) is 8.06. The highest BCUT2D eigenvalue weighted by Crippen LogP contribution is 2.14. The lowest BCUT2D eigenvalue weighted by molar-refractivity contribution is -0.144. The molecule has 0 aliphatic carbocycles. The summed E-state index contributed by atoms with van der Waals surface area (Å²) in [4.78, 5) is 23.7. The van der Waals surface area contributed by atoms with E-state index in [0.717, 1.165) is 25.7 Å². The van der Waals surface area contributed by atoms with Gasteiger partial charge < -0.3 is 9.47 Å². The fourth-order valence-electron chi connectivity index (χ4n) is 5.33. The van der Waals surface area contributed by atoms with Crippen LogP contribution in [0.15, 0.2) is 0 Å². The highest BCUT2D eigenvalue weighted by molar-refractivity contribution is 5.74. The van der Waals surface area contributed by atoms with Gasteiger partial charge in [-0.15, -0.1) is 0 Å². The number of ether oxygens (including phenoxy) is 2. The quantitative estimate of drug-likeness (QED) is 0.0605. The Labute approximate surface area is 256 Å². The van der Waals surface area contributed by atoms with Crippen molar-refractivity contribution in [2.45, 2.75) is 194 Å². The van der Waals surface area contributed by atoms with Crippen LogP contribution in [0.1, 0.15) is 194 Å². The lowest BCUT2D eigenvalue weighted by Gasteiger charge is -2.07. The highest BCUT2D eigenvalue weighted by Gasteiger charge is 2.06. The molecule has 0 bridgehead atoms. The summed E-state index contributed by atoms with van der Waals surface area (Å²) in [5.41, 5.74) is 0. The van der Waals surface area contributed by atoms with E-state index in [1.165, 1.54) is 154 Å². The molecule has 0 amide bonds. The lowest BCUT2D eigenvalue weighted by atomic mass is 10.0. The predicted molar refractivity (Wildman–Crippen MR) is 175 cm³/mol. The van der Waals surface area contributed by atoms with Crippen LogP contribution in [-0.4, -0.2) is 38.2 Å². The minimum Gasteiger partial charge on any atom is -0.465 e. The van der Waals surface area contributed by atoms with Gasteiger partial charge >= 0.3 is 11.9 Å². The molecule has 0 radical (unpaired) electrons. The van der Waals surface area contributed by atoms with E-state index < -0.39 is 0 Å². The van der Waals surface area contributed by atoms with Gasteiger partial charge in [0.05, 0.1) is 26.3 Å². The van der Waals surface area contributed by atoms with E-state index in [1.807, 2.05) is 0 Å². The van der Waals surface area contributed by atoms with Crippen LogP contribution >= 0.6 is 0 Å². The Morgan fingerprint density at radius 1 is 0.366 bits per heavy atom. The maximum atomic E-state index is 11.8. The summed E-state index contributed by atoms with van der Waals surface area (Å²) < 4.78 is 10.5. The first-order valence-electron chi connectivity index (χ1n) is 18.2.